The minimum atomic E-state index is -0.112. The Kier molecular flexibility index (Phi) is 4.04. The van der Waals surface area contributed by atoms with Crippen LogP contribution in [-0.4, -0.2) is 36.9 Å². The zero-order valence-corrected chi connectivity index (χ0v) is 11.1. The number of hydrogen-bond acceptors (Lipinski definition) is 4. The number of methoxy groups -OCH3 is 1. The Morgan fingerprint density at radius 2 is 2.05 bits per heavy atom. The lowest BCUT2D eigenvalue weighted by molar-refractivity contribution is -0.128. The molecular weight excluding hydrogens is 246 g/mol. The first-order valence-electron chi connectivity index (χ1n) is 6.23. The number of hydrogen-bond donors (Lipinski definition) is 0. The van der Waals surface area contributed by atoms with Crippen molar-refractivity contribution >= 4 is 11.7 Å². The predicted octanol–water partition coefficient (Wildman–Crippen LogP) is 1.40. The summed E-state index contributed by atoms with van der Waals surface area (Å²) in [5.74, 6) is 1.18. The molecule has 0 saturated carbocycles. The van der Waals surface area contributed by atoms with Gasteiger partial charge in [-0.1, -0.05) is 6.07 Å². The maximum absolute atomic E-state index is 11.6. The number of benzene rings is 1. The number of ketones is 1. The first-order valence-corrected chi connectivity index (χ1v) is 6.23. The summed E-state index contributed by atoms with van der Waals surface area (Å²) in [5.41, 5.74) is 0.923. The third kappa shape index (κ3) is 3.05. The molecule has 0 radical (unpaired) electrons. The quantitative estimate of drug-likeness (QED) is 0.753. The fourth-order valence-corrected chi connectivity index (χ4v) is 2.09. The number of Topliss-reactive ketones (excluding diaryl/α,β-unsaturated/α-hetero) is 1. The van der Waals surface area contributed by atoms with Crippen molar-refractivity contribution in [3.05, 3.63) is 23.8 Å². The third-order valence-corrected chi connectivity index (χ3v) is 2.97. The highest BCUT2D eigenvalue weighted by molar-refractivity contribution is 6.05. The average molecular weight is 263 g/mol. The molecule has 5 heteroatoms. The average Bonchev–Trinajstić information content (AvgIpc) is 2.69. The molecule has 102 valence electrons. The standard InChI is InChI=1S/C14H17NO4/c1-3-19-13-6-10(4-5-12(13)18-2)8-15-9-11(16)7-14(15)17/h4-6H,3,7-9H2,1-2H3. The summed E-state index contributed by atoms with van der Waals surface area (Å²) in [4.78, 5) is 24.3. The van der Waals surface area contributed by atoms with E-state index in [-0.39, 0.29) is 24.7 Å². The van der Waals surface area contributed by atoms with Crippen LogP contribution < -0.4 is 9.47 Å². The molecule has 0 aliphatic carbocycles. The van der Waals surface area contributed by atoms with E-state index in [0.717, 1.165) is 5.56 Å². The van der Waals surface area contributed by atoms with Gasteiger partial charge in [0.25, 0.3) is 0 Å². The van der Waals surface area contributed by atoms with Crippen molar-refractivity contribution in [1.82, 2.24) is 4.90 Å². The molecule has 1 aliphatic heterocycles. The SMILES string of the molecule is CCOc1cc(CN2CC(=O)CC2=O)ccc1OC. The van der Waals surface area contributed by atoms with Gasteiger partial charge in [-0.2, -0.15) is 0 Å². The van der Waals surface area contributed by atoms with Crippen LogP contribution in [0.5, 0.6) is 11.5 Å². The highest BCUT2D eigenvalue weighted by Crippen LogP contribution is 2.28. The van der Waals surface area contributed by atoms with Crippen molar-refractivity contribution in [2.75, 3.05) is 20.3 Å². The summed E-state index contributed by atoms with van der Waals surface area (Å²) in [6.45, 7) is 3.07. The van der Waals surface area contributed by atoms with Crippen LogP contribution in [-0.2, 0) is 16.1 Å². The van der Waals surface area contributed by atoms with Crippen LogP contribution in [0, 0.1) is 0 Å². The molecule has 2 rings (SSSR count). The van der Waals surface area contributed by atoms with Gasteiger partial charge < -0.3 is 14.4 Å². The smallest absolute Gasteiger partial charge is 0.230 e. The van der Waals surface area contributed by atoms with E-state index in [9.17, 15) is 9.59 Å². The highest BCUT2D eigenvalue weighted by atomic mass is 16.5. The topological polar surface area (TPSA) is 55.8 Å². The fourth-order valence-electron chi connectivity index (χ4n) is 2.09. The minimum Gasteiger partial charge on any atom is -0.493 e. The van der Waals surface area contributed by atoms with Gasteiger partial charge in [-0.25, -0.2) is 0 Å². The van der Waals surface area contributed by atoms with E-state index in [4.69, 9.17) is 9.47 Å². The Morgan fingerprint density at radius 1 is 1.26 bits per heavy atom. The Hall–Kier alpha value is -2.04. The molecule has 19 heavy (non-hydrogen) atoms. The second-order valence-corrected chi connectivity index (χ2v) is 4.38. The molecule has 0 bridgehead atoms. The van der Waals surface area contributed by atoms with Crippen molar-refractivity contribution in [3.63, 3.8) is 0 Å². The maximum Gasteiger partial charge on any atom is 0.230 e. The molecule has 1 saturated heterocycles. The van der Waals surface area contributed by atoms with Crippen LogP contribution in [0.1, 0.15) is 18.9 Å². The number of rotatable bonds is 5. The molecule has 0 atom stereocenters. The molecular formula is C14H17NO4. The number of amides is 1. The molecule has 1 aromatic rings. The lowest BCUT2D eigenvalue weighted by atomic mass is 10.2. The number of carbonyl (C=O) groups excluding carboxylic acids is 2. The molecule has 5 nitrogen and oxygen atoms in total. The maximum atomic E-state index is 11.6. The van der Waals surface area contributed by atoms with Gasteiger partial charge in [0, 0.05) is 6.54 Å². The van der Waals surface area contributed by atoms with Crippen LogP contribution >= 0.6 is 0 Å². The molecule has 0 spiro atoms. The molecule has 0 unspecified atom stereocenters. The van der Waals surface area contributed by atoms with Gasteiger partial charge in [-0.3, -0.25) is 9.59 Å². The fraction of sp³-hybridized carbons (Fsp3) is 0.429. The van der Waals surface area contributed by atoms with Gasteiger partial charge in [0.05, 0.1) is 26.7 Å². The normalized spacial score (nSPS) is 14.9. The Morgan fingerprint density at radius 3 is 2.63 bits per heavy atom. The summed E-state index contributed by atoms with van der Waals surface area (Å²) >= 11 is 0. The van der Waals surface area contributed by atoms with E-state index >= 15 is 0 Å². The molecule has 1 heterocycles. The lowest BCUT2D eigenvalue weighted by Crippen LogP contribution is -2.24. The van der Waals surface area contributed by atoms with Crippen molar-refractivity contribution in [1.29, 1.82) is 0 Å². The van der Waals surface area contributed by atoms with Crippen LogP contribution in [0.25, 0.3) is 0 Å². The van der Waals surface area contributed by atoms with Crippen LogP contribution in [0.4, 0.5) is 0 Å². The van der Waals surface area contributed by atoms with Crippen molar-refractivity contribution in [2.24, 2.45) is 0 Å². The van der Waals surface area contributed by atoms with E-state index in [1.54, 1.807) is 12.0 Å². The Labute approximate surface area is 112 Å². The zero-order valence-electron chi connectivity index (χ0n) is 11.1. The highest BCUT2D eigenvalue weighted by Gasteiger charge is 2.27. The van der Waals surface area contributed by atoms with Gasteiger partial charge in [-0.05, 0) is 24.6 Å². The zero-order chi connectivity index (χ0) is 13.8. The summed E-state index contributed by atoms with van der Waals surface area (Å²) in [7, 11) is 1.58. The number of nitrogens with zero attached hydrogens (tertiary/aromatic N) is 1. The Balaban J connectivity index is 2.14. The van der Waals surface area contributed by atoms with Gasteiger partial charge in [-0.15, -0.1) is 0 Å². The van der Waals surface area contributed by atoms with Crippen molar-refractivity contribution in [2.45, 2.75) is 19.9 Å². The van der Waals surface area contributed by atoms with E-state index in [1.165, 1.54) is 0 Å². The number of ether oxygens (including phenoxy) is 2. The molecule has 1 aromatic carbocycles. The predicted molar refractivity (Wildman–Crippen MR) is 69.2 cm³/mol. The molecule has 1 aliphatic rings. The second-order valence-electron chi connectivity index (χ2n) is 4.38. The summed E-state index contributed by atoms with van der Waals surface area (Å²) in [6, 6.07) is 5.53. The first-order chi connectivity index (χ1) is 9.13. The van der Waals surface area contributed by atoms with Crippen LogP contribution in [0.3, 0.4) is 0 Å². The van der Waals surface area contributed by atoms with Gasteiger partial charge in [0.1, 0.15) is 0 Å². The van der Waals surface area contributed by atoms with E-state index < -0.39 is 0 Å². The van der Waals surface area contributed by atoms with Crippen molar-refractivity contribution in [3.8, 4) is 11.5 Å². The number of carbonyl (C=O) groups is 2. The van der Waals surface area contributed by atoms with E-state index in [2.05, 4.69) is 0 Å². The molecule has 0 N–H and O–H groups in total. The lowest BCUT2D eigenvalue weighted by Gasteiger charge is -2.16. The molecule has 0 aromatic heterocycles. The Bertz CT molecular complexity index is 498. The van der Waals surface area contributed by atoms with Gasteiger partial charge in [0.15, 0.2) is 17.3 Å². The largest absolute Gasteiger partial charge is 0.493 e. The van der Waals surface area contributed by atoms with Crippen molar-refractivity contribution < 1.29 is 19.1 Å². The van der Waals surface area contributed by atoms with E-state index in [1.807, 2.05) is 25.1 Å². The van der Waals surface area contributed by atoms with Crippen LogP contribution in [0.15, 0.2) is 18.2 Å². The minimum absolute atomic E-state index is 0.0223. The van der Waals surface area contributed by atoms with Crippen LogP contribution in [0.2, 0.25) is 0 Å². The third-order valence-electron chi connectivity index (χ3n) is 2.97. The van der Waals surface area contributed by atoms with Gasteiger partial charge in [0.2, 0.25) is 5.91 Å². The summed E-state index contributed by atoms with van der Waals surface area (Å²) in [5, 5.41) is 0. The molecule has 1 fully saturated rings. The monoisotopic (exact) mass is 263 g/mol. The second kappa shape index (κ2) is 5.73. The first kappa shape index (κ1) is 13.4. The number of likely N-dealkylation sites (tertiary alicyclic amines) is 1. The molecule has 1 amide bonds. The van der Waals surface area contributed by atoms with Gasteiger partial charge >= 0.3 is 0 Å². The summed E-state index contributed by atoms with van der Waals surface area (Å²) in [6.07, 6.45) is 0.0223. The summed E-state index contributed by atoms with van der Waals surface area (Å²) < 4.78 is 10.7. The van der Waals surface area contributed by atoms with E-state index in [0.29, 0.717) is 24.7 Å².